The highest BCUT2D eigenvalue weighted by Crippen LogP contribution is 2.28. The Kier molecular flexibility index (Phi) is 5.30. The number of rotatable bonds is 5. The van der Waals surface area contributed by atoms with Gasteiger partial charge in [0, 0.05) is 17.7 Å². The van der Waals surface area contributed by atoms with Crippen molar-refractivity contribution >= 4 is 0 Å². The van der Waals surface area contributed by atoms with Crippen LogP contribution in [0.15, 0.2) is 72.8 Å². The Bertz CT molecular complexity index is 1100. The first-order chi connectivity index (χ1) is 14.0. The van der Waals surface area contributed by atoms with E-state index in [0.29, 0.717) is 5.92 Å². The van der Waals surface area contributed by atoms with Crippen molar-refractivity contribution in [3.63, 3.8) is 0 Å². The molecule has 3 nitrogen and oxygen atoms in total. The third-order valence-corrected chi connectivity index (χ3v) is 4.92. The maximum absolute atomic E-state index is 4.97. The summed E-state index contributed by atoms with van der Waals surface area (Å²) in [4.78, 5) is 4.97. The minimum absolute atomic E-state index is 0.486. The van der Waals surface area contributed by atoms with E-state index in [0.717, 1.165) is 29.3 Å². The molecule has 3 aromatic carbocycles. The number of aromatic nitrogens is 3. The maximum atomic E-state index is 4.97. The first-order valence-corrected chi connectivity index (χ1v) is 10.2. The Morgan fingerprint density at radius 1 is 0.724 bits per heavy atom. The van der Waals surface area contributed by atoms with Crippen LogP contribution in [0.4, 0.5) is 0 Å². The zero-order valence-electron chi connectivity index (χ0n) is 17.6. The molecule has 0 aliphatic carbocycles. The van der Waals surface area contributed by atoms with Crippen LogP contribution in [0.25, 0.3) is 33.9 Å². The van der Waals surface area contributed by atoms with Crippen LogP contribution < -0.4 is 0 Å². The summed E-state index contributed by atoms with van der Waals surface area (Å²) in [5.74, 6) is 2.20. The molecule has 0 atom stereocenters. The first kappa shape index (κ1) is 19.1. The maximum Gasteiger partial charge on any atom is 0.181 e. The molecule has 4 rings (SSSR count). The van der Waals surface area contributed by atoms with Crippen molar-refractivity contribution in [3.8, 4) is 33.9 Å². The average molecular weight is 382 g/mol. The van der Waals surface area contributed by atoms with Gasteiger partial charge in [-0.15, -0.1) is 0 Å². The molecule has 0 saturated carbocycles. The van der Waals surface area contributed by atoms with Crippen molar-refractivity contribution < 1.29 is 0 Å². The lowest BCUT2D eigenvalue weighted by molar-refractivity contribution is 0.487. The van der Waals surface area contributed by atoms with Crippen LogP contribution in [0.5, 0.6) is 0 Å². The molecule has 0 saturated heterocycles. The molecule has 1 heterocycles. The molecule has 0 N–H and O–H groups in total. The molecule has 146 valence electrons. The fourth-order valence-corrected chi connectivity index (χ4v) is 3.72. The van der Waals surface area contributed by atoms with Gasteiger partial charge in [0.2, 0.25) is 0 Å². The van der Waals surface area contributed by atoms with Crippen LogP contribution in [-0.4, -0.2) is 14.8 Å². The predicted molar refractivity (Wildman–Crippen MR) is 121 cm³/mol. The number of hydrogen-bond donors (Lipinski definition) is 0. The van der Waals surface area contributed by atoms with Crippen LogP contribution in [-0.2, 0) is 6.54 Å². The molecule has 1 aromatic heterocycles. The molecule has 0 amide bonds. The van der Waals surface area contributed by atoms with Crippen LogP contribution >= 0.6 is 0 Å². The van der Waals surface area contributed by atoms with Gasteiger partial charge < -0.3 is 0 Å². The van der Waals surface area contributed by atoms with Crippen LogP contribution in [0.3, 0.4) is 0 Å². The van der Waals surface area contributed by atoms with E-state index in [1.807, 2.05) is 6.07 Å². The highest BCUT2D eigenvalue weighted by molar-refractivity contribution is 5.71. The van der Waals surface area contributed by atoms with Gasteiger partial charge >= 0.3 is 0 Å². The van der Waals surface area contributed by atoms with Gasteiger partial charge in [-0.05, 0) is 49.1 Å². The monoisotopic (exact) mass is 381 g/mol. The second-order valence-corrected chi connectivity index (χ2v) is 8.16. The van der Waals surface area contributed by atoms with E-state index >= 15 is 0 Å². The van der Waals surface area contributed by atoms with Crippen molar-refractivity contribution in [1.82, 2.24) is 14.8 Å². The number of hydrogen-bond acceptors (Lipinski definition) is 2. The molecule has 0 radical (unpaired) electrons. The normalized spacial score (nSPS) is 11.2. The van der Waals surface area contributed by atoms with Crippen molar-refractivity contribution in [1.29, 1.82) is 0 Å². The summed E-state index contributed by atoms with van der Waals surface area (Å²) in [6.45, 7) is 9.49. The fourth-order valence-electron chi connectivity index (χ4n) is 3.72. The van der Waals surface area contributed by atoms with Gasteiger partial charge in [-0.25, -0.2) is 9.67 Å². The Morgan fingerprint density at radius 2 is 1.38 bits per heavy atom. The molecule has 29 heavy (non-hydrogen) atoms. The Labute approximate surface area is 173 Å². The quantitative estimate of drug-likeness (QED) is 0.392. The summed E-state index contributed by atoms with van der Waals surface area (Å²) in [5, 5.41) is 4.89. The summed E-state index contributed by atoms with van der Waals surface area (Å²) in [6.07, 6.45) is 0. The van der Waals surface area contributed by atoms with E-state index in [-0.39, 0.29) is 0 Å². The smallest absolute Gasteiger partial charge is 0.181 e. The SMILES string of the molecule is Cc1cc(C)cc(-c2nc(-c3cccc(-c4ccccc4)c3)n(CC(C)C)n2)c1. The lowest BCUT2D eigenvalue weighted by Gasteiger charge is -2.09. The van der Waals surface area contributed by atoms with Crippen molar-refractivity contribution in [2.24, 2.45) is 5.92 Å². The van der Waals surface area contributed by atoms with Gasteiger partial charge in [-0.3, -0.25) is 0 Å². The highest BCUT2D eigenvalue weighted by atomic mass is 15.3. The van der Waals surface area contributed by atoms with E-state index in [9.17, 15) is 0 Å². The zero-order chi connectivity index (χ0) is 20.4. The van der Waals surface area contributed by atoms with Crippen LogP contribution in [0, 0.1) is 19.8 Å². The number of benzene rings is 3. The van der Waals surface area contributed by atoms with E-state index < -0.39 is 0 Å². The van der Waals surface area contributed by atoms with E-state index in [1.54, 1.807) is 0 Å². The van der Waals surface area contributed by atoms with Crippen molar-refractivity contribution in [2.75, 3.05) is 0 Å². The average Bonchev–Trinajstić information content (AvgIpc) is 3.11. The second kappa shape index (κ2) is 8.04. The molecule has 3 heteroatoms. The first-order valence-electron chi connectivity index (χ1n) is 10.2. The summed E-state index contributed by atoms with van der Waals surface area (Å²) in [6, 6.07) is 25.5. The van der Waals surface area contributed by atoms with Gasteiger partial charge in [0.25, 0.3) is 0 Å². The molecule has 0 unspecified atom stereocenters. The lowest BCUT2D eigenvalue weighted by Crippen LogP contribution is -2.08. The van der Waals surface area contributed by atoms with Gasteiger partial charge in [0.05, 0.1) is 0 Å². The number of nitrogens with zero attached hydrogens (tertiary/aromatic N) is 3. The summed E-state index contributed by atoms with van der Waals surface area (Å²) in [7, 11) is 0. The molecular weight excluding hydrogens is 354 g/mol. The molecule has 0 fully saturated rings. The van der Waals surface area contributed by atoms with E-state index in [2.05, 4.69) is 99.1 Å². The molecular formula is C26H27N3. The Hall–Kier alpha value is -3.20. The molecule has 4 aromatic rings. The zero-order valence-corrected chi connectivity index (χ0v) is 17.6. The van der Waals surface area contributed by atoms with Gasteiger partial charge in [0.1, 0.15) is 0 Å². The lowest BCUT2D eigenvalue weighted by atomic mass is 10.0. The van der Waals surface area contributed by atoms with Gasteiger partial charge in [-0.2, -0.15) is 5.10 Å². The summed E-state index contributed by atoms with van der Waals surface area (Å²) < 4.78 is 2.06. The van der Waals surface area contributed by atoms with Gasteiger partial charge in [-0.1, -0.05) is 79.6 Å². The Morgan fingerprint density at radius 3 is 2.07 bits per heavy atom. The topological polar surface area (TPSA) is 30.7 Å². The minimum Gasteiger partial charge on any atom is -0.245 e. The van der Waals surface area contributed by atoms with E-state index in [4.69, 9.17) is 10.1 Å². The minimum atomic E-state index is 0.486. The van der Waals surface area contributed by atoms with Crippen LogP contribution in [0.1, 0.15) is 25.0 Å². The third kappa shape index (κ3) is 4.29. The predicted octanol–water partition coefficient (Wildman–Crippen LogP) is 6.55. The standard InChI is InChI=1S/C26H27N3/c1-18(2)17-29-26(27-25(28-29)24-14-19(3)13-20(4)15-24)23-12-8-11-22(16-23)21-9-6-5-7-10-21/h5-16,18H,17H2,1-4H3. The third-order valence-electron chi connectivity index (χ3n) is 4.92. The molecule has 0 aliphatic heterocycles. The summed E-state index contributed by atoms with van der Waals surface area (Å²) in [5.41, 5.74) is 7.02. The molecule has 0 spiro atoms. The van der Waals surface area contributed by atoms with E-state index in [1.165, 1.54) is 22.3 Å². The van der Waals surface area contributed by atoms with Crippen molar-refractivity contribution in [2.45, 2.75) is 34.2 Å². The summed E-state index contributed by atoms with van der Waals surface area (Å²) >= 11 is 0. The fraction of sp³-hybridized carbons (Fsp3) is 0.231. The Balaban J connectivity index is 1.81. The van der Waals surface area contributed by atoms with Crippen molar-refractivity contribution in [3.05, 3.63) is 83.9 Å². The second-order valence-electron chi connectivity index (χ2n) is 8.16. The molecule has 0 aliphatic rings. The highest BCUT2D eigenvalue weighted by Gasteiger charge is 2.15. The van der Waals surface area contributed by atoms with Crippen LogP contribution in [0.2, 0.25) is 0 Å². The number of aryl methyl sites for hydroxylation is 2. The van der Waals surface area contributed by atoms with Gasteiger partial charge in [0.15, 0.2) is 11.6 Å². The molecule has 0 bridgehead atoms. The largest absolute Gasteiger partial charge is 0.245 e.